The fraction of sp³-hybridized carbons (Fsp3) is 0.533. The van der Waals surface area contributed by atoms with Crippen molar-refractivity contribution in [2.45, 2.75) is 31.8 Å². The summed E-state index contributed by atoms with van der Waals surface area (Å²) in [5, 5.41) is 12.7. The average molecular weight is 263 g/mol. The Kier molecular flexibility index (Phi) is 3.27. The van der Waals surface area contributed by atoms with E-state index in [-0.39, 0.29) is 17.8 Å². The van der Waals surface area contributed by atoms with E-state index >= 15 is 0 Å². The monoisotopic (exact) mass is 263 g/mol. The van der Waals surface area contributed by atoms with Crippen molar-refractivity contribution in [1.82, 2.24) is 5.32 Å². The second-order valence-electron chi connectivity index (χ2n) is 5.73. The Labute approximate surface area is 111 Å². The van der Waals surface area contributed by atoms with Crippen LogP contribution in [0.1, 0.15) is 24.8 Å². The van der Waals surface area contributed by atoms with Gasteiger partial charge in [-0.3, -0.25) is 4.79 Å². The van der Waals surface area contributed by atoms with E-state index in [0.717, 1.165) is 24.8 Å². The SMILES string of the molecule is O=C(O)[C@H]1[C@H]2CC[C@H](C2)[C@H]1NCc1ccc(F)cc1. The van der Waals surface area contributed by atoms with E-state index in [4.69, 9.17) is 0 Å². The first-order valence-corrected chi connectivity index (χ1v) is 6.86. The van der Waals surface area contributed by atoms with Crippen molar-refractivity contribution in [2.24, 2.45) is 17.8 Å². The van der Waals surface area contributed by atoms with E-state index in [9.17, 15) is 14.3 Å². The molecule has 0 aromatic heterocycles. The Morgan fingerprint density at radius 3 is 2.63 bits per heavy atom. The molecule has 4 atom stereocenters. The molecule has 2 bridgehead atoms. The molecule has 1 aromatic rings. The molecule has 19 heavy (non-hydrogen) atoms. The van der Waals surface area contributed by atoms with Crippen LogP contribution in [-0.4, -0.2) is 17.1 Å². The van der Waals surface area contributed by atoms with Gasteiger partial charge in [-0.1, -0.05) is 12.1 Å². The summed E-state index contributed by atoms with van der Waals surface area (Å²) < 4.78 is 12.8. The van der Waals surface area contributed by atoms with Crippen molar-refractivity contribution >= 4 is 5.97 Å². The molecule has 0 spiro atoms. The van der Waals surface area contributed by atoms with E-state index in [2.05, 4.69) is 5.32 Å². The summed E-state index contributed by atoms with van der Waals surface area (Å²) in [4.78, 5) is 11.4. The van der Waals surface area contributed by atoms with E-state index in [0.29, 0.717) is 18.4 Å². The van der Waals surface area contributed by atoms with Crippen molar-refractivity contribution in [3.05, 3.63) is 35.6 Å². The minimum absolute atomic E-state index is 0.0707. The van der Waals surface area contributed by atoms with Gasteiger partial charge in [-0.15, -0.1) is 0 Å². The van der Waals surface area contributed by atoms with Crippen LogP contribution in [-0.2, 0) is 11.3 Å². The molecule has 0 saturated heterocycles. The normalized spacial score (nSPS) is 32.7. The maximum atomic E-state index is 12.8. The lowest BCUT2D eigenvalue weighted by Gasteiger charge is -2.29. The Hall–Kier alpha value is -1.42. The molecule has 2 N–H and O–H groups in total. The van der Waals surface area contributed by atoms with Crippen LogP contribution in [0.25, 0.3) is 0 Å². The fourth-order valence-electron chi connectivity index (χ4n) is 3.78. The lowest BCUT2D eigenvalue weighted by molar-refractivity contribution is -0.144. The molecule has 3 rings (SSSR count). The van der Waals surface area contributed by atoms with Crippen molar-refractivity contribution in [3.63, 3.8) is 0 Å². The Morgan fingerprint density at radius 2 is 1.95 bits per heavy atom. The fourth-order valence-corrected chi connectivity index (χ4v) is 3.78. The highest BCUT2D eigenvalue weighted by atomic mass is 19.1. The minimum atomic E-state index is -0.677. The summed E-state index contributed by atoms with van der Waals surface area (Å²) in [6.07, 6.45) is 3.23. The maximum absolute atomic E-state index is 12.8. The zero-order chi connectivity index (χ0) is 13.4. The number of benzene rings is 1. The number of fused-ring (bicyclic) bond motifs is 2. The molecule has 2 saturated carbocycles. The first-order valence-electron chi connectivity index (χ1n) is 6.86. The first kappa shape index (κ1) is 12.6. The van der Waals surface area contributed by atoms with Crippen molar-refractivity contribution < 1.29 is 14.3 Å². The molecule has 0 aliphatic heterocycles. The lowest BCUT2D eigenvalue weighted by Crippen LogP contribution is -2.43. The number of carboxylic acids is 1. The number of hydrogen-bond donors (Lipinski definition) is 2. The van der Waals surface area contributed by atoms with E-state index in [1.807, 2.05) is 0 Å². The van der Waals surface area contributed by atoms with Crippen molar-refractivity contribution in [3.8, 4) is 0 Å². The molecular weight excluding hydrogens is 245 g/mol. The van der Waals surface area contributed by atoms with Gasteiger partial charge in [0, 0.05) is 12.6 Å². The van der Waals surface area contributed by atoms with Gasteiger partial charge in [0.05, 0.1) is 5.92 Å². The topological polar surface area (TPSA) is 49.3 Å². The van der Waals surface area contributed by atoms with Crippen LogP contribution in [0.5, 0.6) is 0 Å². The lowest BCUT2D eigenvalue weighted by atomic mass is 9.84. The summed E-state index contributed by atoms with van der Waals surface area (Å²) >= 11 is 0. The van der Waals surface area contributed by atoms with Gasteiger partial charge in [0.15, 0.2) is 0 Å². The van der Waals surface area contributed by atoms with Crippen LogP contribution in [0.3, 0.4) is 0 Å². The zero-order valence-corrected chi connectivity index (χ0v) is 10.7. The second kappa shape index (κ2) is 4.93. The van der Waals surface area contributed by atoms with Gasteiger partial charge in [0.1, 0.15) is 5.82 Å². The summed E-state index contributed by atoms with van der Waals surface area (Å²) in [5.74, 6) is -0.338. The summed E-state index contributed by atoms with van der Waals surface area (Å²) in [7, 11) is 0. The third kappa shape index (κ3) is 2.37. The quantitative estimate of drug-likeness (QED) is 0.877. The van der Waals surface area contributed by atoms with Gasteiger partial charge in [-0.25, -0.2) is 4.39 Å². The number of hydrogen-bond acceptors (Lipinski definition) is 2. The van der Waals surface area contributed by atoms with Crippen LogP contribution in [0.2, 0.25) is 0 Å². The molecule has 2 fully saturated rings. The molecule has 102 valence electrons. The molecule has 0 heterocycles. The highest BCUT2D eigenvalue weighted by molar-refractivity contribution is 5.72. The van der Waals surface area contributed by atoms with E-state index < -0.39 is 5.97 Å². The van der Waals surface area contributed by atoms with Crippen molar-refractivity contribution in [1.29, 1.82) is 0 Å². The third-order valence-electron chi connectivity index (χ3n) is 4.66. The van der Waals surface area contributed by atoms with Crippen LogP contribution in [0.4, 0.5) is 4.39 Å². The number of rotatable bonds is 4. The number of nitrogens with one attached hydrogen (secondary N) is 1. The summed E-state index contributed by atoms with van der Waals surface area (Å²) in [6.45, 7) is 0.609. The molecule has 2 aliphatic rings. The van der Waals surface area contributed by atoms with Gasteiger partial charge in [0.25, 0.3) is 0 Å². The molecule has 0 amide bonds. The van der Waals surface area contributed by atoms with E-state index in [1.54, 1.807) is 12.1 Å². The van der Waals surface area contributed by atoms with Gasteiger partial charge < -0.3 is 10.4 Å². The number of carbonyl (C=O) groups is 1. The van der Waals surface area contributed by atoms with Crippen LogP contribution in [0.15, 0.2) is 24.3 Å². The average Bonchev–Trinajstić information content (AvgIpc) is 2.98. The molecule has 4 heteroatoms. The predicted octanol–water partition coefficient (Wildman–Crippen LogP) is 2.41. The standard InChI is InChI=1S/C15H18FNO2/c16-12-5-1-9(2-6-12)8-17-14-11-4-3-10(7-11)13(14)15(18)19/h1-2,5-6,10-11,13-14,17H,3-4,7-8H2,(H,18,19)/t10-,11+,13-,14+/m0/s1. The van der Waals surface area contributed by atoms with Crippen molar-refractivity contribution in [2.75, 3.05) is 0 Å². The highest BCUT2D eigenvalue weighted by Gasteiger charge is 2.50. The van der Waals surface area contributed by atoms with Gasteiger partial charge in [-0.05, 0) is 48.8 Å². The Bertz CT molecular complexity index is 474. The van der Waals surface area contributed by atoms with Crippen LogP contribution < -0.4 is 5.32 Å². The van der Waals surface area contributed by atoms with Gasteiger partial charge >= 0.3 is 5.97 Å². The molecule has 0 radical (unpaired) electrons. The summed E-state index contributed by atoms with van der Waals surface area (Å²) in [5.41, 5.74) is 0.994. The molecule has 1 aromatic carbocycles. The zero-order valence-electron chi connectivity index (χ0n) is 10.7. The van der Waals surface area contributed by atoms with Gasteiger partial charge in [0.2, 0.25) is 0 Å². The van der Waals surface area contributed by atoms with Crippen LogP contribution >= 0.6 is 0 Å². The number of halogens is 1. The molecule has 2 aliphatic carbocycles. The molecule has 3 nitrogen and oxygen atoms in total. The third-order valence-corrected chi connectivity index (χ3v) is 4.66. The second-order valence-corrected chi connectivity index (χ2v) is 5.73. The van der Waals surface area contributed by atoms with Crippen LogP contribution in [0, 0.1) is 23.6 Å². The molecule has 0 unspecified atom stereocenters. The predicted molar refractivity (Wildman–Crippen MR) is 69.0 cm³/mol. The first-order chi connectivity index (χ1) is 9.15. The maximum Gasteiger partial charge on any atom is 0.308 e. The number of carboxylic acid groups (broad SMARTS) is 1. The highest BCUT2D eigenvalue weighted by Crippen LogP contribution is 2.48. The molecular formula is C15H18FNO2. The largest absolute Gasteiger partial charge is 0.481 e. The smallest absolute Gasteiger partial charge is 0.308 e. The van der Waals surface area contributed by atoms with E-state index in [1.165, 1.54) is 12.1 Å². The number of aliphatic carboxylic acids is 1. The van der Waals surface area contributed by atoms with Gasteiger partial charge in [-0.2, -0.15) is 0 Å². The Morgan fingerprint density at radius 1 is 1.26 bits per heavy atom. The summed E-state index contributed by atoms with van der Waals surface area (Å²) in [6, 6.07) is 6.43. The minimum Gasteiger partial charge on any atom is -0.481 e. The Balaban J connectivity index is 1.65.